The monoisotopic (exact) mass is 471 g/mol. The average molecular weight is 472 g/mol. The molecule has 0 aliphatic heterocycles. The van der Waals surface area contributed by atoms with Crippen molar-refractivity contribution < 1.29 is 19.1 Å². The molecule has 0 radical (unpaired) electrons. The summed E-state index contributed by atoms with van der Waals surface area (Å²) in [5.74, 6) is 0.271. The largest absolute Gasteiger partial charge is 0.489 e. The highest BCUT2D eigenvalue weighted by Gasteiger charge is 2.23. The van der Waals surface area contributed by atoms with Crippen molar-refractivity contribution in [3.63, 3.8) is 0 Å². The molecular weight excluding hydrogens is 446 g/mol. The van der Waals surface area contributed by atoms with E-state index in [2.05, 4.69) is 5.32 Å². The second kappa shape index (κ2) is 11.3. The number of rotatable bonds is 10. The number of thiophene rings is 1. The molecule has 34 heavy (non-hydrogen) atoms. The minimum atomic E-state index is -0.637. The van der Waals surface area contributed by atoms with Crippen molar-refractivity contribution in [2.45, 2.75) is 19.1 Å². The highest BCUT2D eigenvalue weighted by Crippen LogP contribution is 2.27. The van der Waals surface area contributed by atoms with Crippen molar-refractivity contribution in [2.24, 2.45) is 0 Å². The Hall–Kier alpha value is -3.90. The molecule has 172 valence electrons. The molecule has 0 aliphatic rings. The number of anilines is 1. The summed E-state index contributed by atoms with van der Waals surface area (Å²) in [6.07, 6.45) is 0.405. The first-order valence-corrected chi connectivity index (χ1v) is 11.8. The quantitative estimate of drug-likeness (QED) is 0.236. The summed E-state index contributed by atoms with van der Waals surface area (Å²) in [7, 11) is 1.36. The molecule has 4 rings (SSSR count). The summed E-state index contributed by atoms with van der Waals surface area (Å²) in [6, 6.07) is 27.8. The van der Waals surface area contributed by atoms with Gasteiger partial charge in [0.15, 0.2) is 5.78 Å². The molecule has 0 aliphatic carbocycles. The van der Waals surface area contributed by atoms with E-state index >= 15 is 0 Å². The topological polar surface area (TPSA) is 64.6 Å². The number of nitrogens with one attached hydrogen (secondary N) is 1. The van der Waals surface area contributed by atoms with Crippen molar-refractivity contribution in [3.8, 4) is 5.75 Å². The summed E-state index contributed by atoms with van der Waals surface area (Å²) in [4.78, 5) is 25.5. The van der Waals surface area contributed by atoms with E-state index in [-0.39, 0.29) is 5.78 Å². The number of hydrogen-bond donors (Lipinski definition) is 1. The predicted octanol–water partition coefficient (Wildman–Crippen LogP) is 5.75. The summed E-state index contributed by atoms with van der Waals surface area (Å²) in [5, 5.41) is 5.72. The third kappa shape index (κ3) is 5.91. The Bertz CT molecular complexity index is 1220. The molecule has 5 nitrogen and oxygen atoms in total. The number of ketones is 1. The molecule has 0 amide bonds. The molecule has 1 heterocycles. The van der Waals surface area contributed by atoms with Crippen LogP contribution in [0.15, 0.2) is 96.4 Å². The van der Waals surface area contributed by atoms with Crippen LogP contribution in [-0.4, -0.2) is 24.9 Å². The van der Waals surface area contributed by atoms with Crippen LogP contribution in [0.1, 0.15) is 27.0 Å². The lowest BCUT2D eigenvalue weighted by Gasteiger charge is -2.18. The van der Waals surface area contributed by atoms with Gasteiger partial charge in [0.05, 0.1) is 12.7 Å². The lowest BCUT2D eigenvalue weighted by atomic mass is 10.0. The van der Waals surface area contributed by atoms with E-state index < -0.39 is 12.0 Å². The fraction of sp³-hybridized carbons (Fsp3) is 0.143. The first kappa shape index (κ1) is 23.3. The third-order valence-corrected chi connectivity index (χ3v) is 6.19. The van der Waals surface area contributed by atoms with Crippen molar-refractivity contribution >= 4 is 28.1 Å². The van der Waals surface area contributed by atoms with Gasteiger partial charge in [0.1, 0.15) is 23.4 Å². The van der Waals surface area contributed by atoms with E-state index in [9.17, 15) is 9.59 Å². The molecular formula is C28H25NO4S. The van der Waals surface area contributed by atoms with Gasteiger partial charge in [-0.05, 0) is 34.7 Å². The van der Waals surface area contributed by atoms with Crippen LogP contribution in [0.25, 0.3) is 0 Å². The van der Waals surface area contributed by atoms with Gasteiger partial charge in [0.25, 0.3) is 0 Å². The van der Waals surface area contributed by atoms with Crippen LogP contribution in [0.5, 0.6) is 5.75 Å². The van der Waals surface area contributed by atoms with Crippen molar-refractivity contribution in [2.75, 3.05) is 12.4 Å². The Kier molecular flexibility index (Phi) is 7.73. The first-order chi connectivity index (χ1) is 16.6. The third-order valence-electron chi connectivity index (χ3n) is 5.35. The Labute approximate surface area is 203 Å². The van der Waals surface area contributed by atoms with Crippen LogP contribution in [0.2, 0.25) is 0 Å². The van der Waals surface area contributed by atoms with Crippen LogP contribution in [-0.2, 0) is 22.6 Å². The van der Waals surface area contributed by atoms with Crippen LogP contribution in [0, 0.1) is 0 Å². The van der Waals surface area contributed by atoms with Crippen molar-refractivity contribution in [3.05, 3.63) is 119 Å². The number of ether oxygens (including phenoxy) is 2. The smallest absolute Gasteiger partial charge is 0.328 e. The summed E-state index contributed by atoms with van der Waals surface area (Å²) in [6.45, 7) is 0.489. The van der Waals surface area contributed by atoms with E-state index in [0.717, 1.165) is 16.9 Å². The van der Waals surface area contributed by atoms with Gasteiger partial charge in [-0.25, -0.2) is 4.79 Å². The summed E-state index contributed by atoms with van der Waals surface area (Å²) < 4.78 is 10.9. The van der Waals surface area contributed by atoms with Gasteiger partial charge in [0, 0.05) is 12.0 Å². The zero-order chi connectivity index (χ0) is 23.8. The van der Waals surface area contributed by atoms with Gasteiger partial charge in [0.2, 0.25) is 0 Å². The molecule has 1 N–H and O–H groups in total. The van der Waals surface area contributed by atoms with Gasteiger partial charge < -0.3 is 14.8 Å². The average Bonchev–Trinajstić information content (AvgIpc) is 3.36. The molecule has 0 bridgehead atoms. The van der Waals surface area contributed by atoms with Crippen molar-refractivity contribution in [1.29, 1.82) is 0 Å². The molecule has 6 heteroatoms. The van der Waals surface area contributed by atoms with E-state index in [0.29, 0.717) is 29.2 Å². The van der Waals surface area contributed by atoms with Crippen LogP contribution in [0.3, 0.4) is 0 Å². The minimum absolute atomic E-state index is 0.0899. The zero-order valence-electron chi connectivity index (χ0n) is 18.8. The minimum Gasteiger partial charge on any atom is -0.489 e. The fourth-order valence-corrected chi connectivity index (χ4v) is 4.38. The number of methoxy groups -OCH3 is 1. The summed E-state index contributed by atoms with van der Waals surface area (Å²) in [5.41, 5.74) is 3.18. The molecule has 1 atom stereocenters. The van der Waals surface area contributed by atoms with Crippen LogP contribution in [0.4, 0.5) is 5.00 Å². The maximum atomic E-state index is 12.9. The standard InChI is InChI=1S/C28H25NO4S/c1-32-28(31)25(29-27-24(16-17-34-27)26(30)22-10-6-3-7-11-22)18-20-12-14-23(15-13-20)33-19-21-8-4-2-5-9-21/h2-17,25,29H,18-19H2,1H3. The molecule has 4 aromatic rings. The Morgan fingerprint density at radius 2 is 1.53 bits per heavy atom. The van der Waals surface area contributed by atoms with Gasteiger partial charge in [-0.3, -0.25) is 4.79 Å². The first-order valence-electron chi connectivity index (χ1n) is 10.9. The number of benzene rings is 3. The maximum Gasteiger partial charge on any atom is 0.328 e. The molecule has 1 aromatic heterocycles. The molecule has 0 saturated carbocycles. The normalized spacial score (nSPS) is 11.4. The van der Waals surface area contributed by atoms with Crippen LogP contribution >= 0.6 is 11.3 Å². The Morgan fingerprint density at radius 3 is 2.21 bits per heavy atom. The second-order valence-electron chi connectivity index (χ2n) is 7.70. The number of hydrogen-bond acceptors (Lipinski definition) is 6. The van der Waals surface area contributed by atoms with E-state index in [4.69, 9.17) is 9.47 Å². The van der Waals surface area contributed by atoms with Gasteiger partial charge >= 0.3 is 5.97 Å². The Balaban J connectivity index is 1.44. The number of esters is 1. The fourth-order valence-electron chi connectivity index (χ4n) is 3.54. The number of carbonyl (C=O) groups excluding carboxylic acids is 2. The Morgan fingerprint density at radius 1 is 0.853 bits per heavy atom. The highest BCUT2D eigenvalue weighted by atomic mass is 32.1. The zero-order valence-corrected chi connectivity index (χ0v) is 19.6. The lowest BCUT2D eigenvalue weighted by Crippen LogP contribution is -2.33. The number of carbonyl (C=O) groups is 2. The van der Waals surface area contributed by atoms with E-state index in [1.807, 2.05) is 78.2 Å². The lowest BCUT2D eigenvalue weighted by molar-refractivity contribution is -0.141. The highest BCUT2D eigenvalue weighted by molar-refractivity contribution is 7.14. The van der Waals surface area contributed by atoms with Gasteiger partial charge in [-0.15, -0.1) is 11.3 Å². The maximum absolute atomic E-state index is 12.9. The molecule has 0 saturated heterocycles. The van der Waals surface area contributed by atoms with E-state index in [1.165, 1.54) is 18.4 Å². The van der Waals surface area contributed by atoms with Crippen LogP contribution < -0.4 is 10.1 Å². The molecule has 1 unspecified atom stereocenters. The molecule has 0 spiro atoms. The SMILES string of the molecule is COC(=O)C(Cc1ccc(OCc2ccccc2)cc1)Nc1sccc1C(=O)c1ccccc1. The molecule has 3 aromatic carbocycles. The second-order valence-corrected chi connectivity index (χ2v) is 8.62. The van der Waals surface area contributed by atoms with Gasteiger partial charge in [-0.1, -0.05) is 72.8 Å². The predicted molar refractivity (Wildman–Crippen MR) is 135 cm³/mol. The molecule has 0 fully saturated rings. The van der Waals surface area contributed by atoms with Gasteiger partial charge in [-0.2, -0.15) is 0 Å². The van der Waals surface area contributed by atoms with Crippen molar-refractivity contribution in [1.82, 2.24) is 0 Å². The van der Waals surface area contributed by atoms with E-state index in [1.54, 1.807) is 18.2 Å². The summed E-state index contributed by atoms with van der Waals surface area (Å²) >= 11 is 1.39.